The number of fused-ring (bicyclic) bond motifs is 1. The molecule has 2 atom stereocenters. The second-order valence-corrected chi connectivity index (χ2v) is 5.84. The number of anilines is 1. The zero-order chi connectivity index (χ0) is 14.1. The maximum Gasteiger partial charge on any atom is 0.224 e. The number of nitrogens with one attached hydrogen (secondary N) is 1. The molecule has 1 aromatic carbocycles. The van der Waals surface area contributed by atoms with Crippen molar-refractivity contribution >= 4 is 28.3 Å². The Morgan fingerprint density at radius 3 is 2.60 bits per heavy atom. The molecule has 0 radical (unpaired) electrons. The second kappa shape index (κ2) is 5.54. The molecule has 2 aromatic rings. The third-order valence-corrected chi connectivity index (χ3v) is 4.17. The molecule has 20 heavy (non-hydrogen) atoms. The average molecular weight is 291 g/mol. The lowest BCUT2D eigenvalue weighted by molar-refractivity contribution is 0.135. The maximum atomic E-state index is 6.03. The number of hydrazine groups is 1. The van der Waals surface area contributed by atoms with Crippen LogP contribution in [0.3, 0.4) is 0 Å². The van der Waals surface area contributed by atoms with Gasteiger partial charge >= 0.3 is 0 Å². The minimum Gasteiger partial charge on any atom is -0.302 e. The highest BCUT2D eigenvalue weighted by Crippen LogP contribution is 2.27. The Morgan fingerprint density at radius 2 is 1.85 bits per heavy atom. The first-order valence-electron chi connectivity index (χ1n) is 7.12. The van der Waals surface area contributed by atoms with E-state index in [-0.39, 0.29) is 5.28 Å². The van der Waals surface area contributed by atoms with Crippen LogP contribution in [0, 0.1) is 0 Å². The molecule has 1 aliphatic heterocycles. The summed E-state index contributed by atoms with van der Waals surface area (Å²) in [5, 5.41) is 3.57. The van der Waals surface area contributed by atoms with Crippen molar-refractivity contribution in [3.8, 4) is 0 Å². The molecule has 1 saturated heterocycles. The van der Waals surface area contributed by atoms with Crippen molar-refractivity contribution in [2.75, 3.05) is 5.43 Å². The van der Waals surface area contributed by atoms with E-state index < -0.39 is 0 Å². The van der Waals surface area contributed by atoms with Gasteiger partial charge in [-0.3, -0.25) is 0 Å². The van der Waals surface area contributed by atoms with Crippen LogP contribution in [0.25, 0.3) is 10.9 Å². The van der Waals surface area contributed by atoms with Crippen LogP contribution in [-0.4, -0.2) is 27.1 Å². The van der Waals surface area contributed by atoms with Crippen molar-refractivity contribution < 1.29 is 0 Å². The topological polar surface area (TPSA) is 41.0 Å². The Morgan fingerprint density at radius 1 is 1.15 bits per heavy atom. The first kappa shape index (κ1) is 13.6. The first-order chi connectivity index (χ1) is 9.65. The minimum atomic E-state index is 0.281. The third-order valence-electron chi connectivity index (χ3n) is 4.00. The number of benzene rings is 1. The van der Waals surface area contributed by atoms with Gasteiger partial charge in [-0.1, -0.05) is 18.6 Å². The molecule has 0 aliphatic carbocycles. The number of rotatable bonds is 2. The molecule has 3 rings (SSSR count). The highest BCUT2D eigenvalue weighted by atomic mass is 35.5. The fourth-order valence-corrected chi connectivity index (χ4v) is 3.07. The van der Waals surface area contributed by atoms with Crippen molar-refractivity contribution in [3.05, 3.63) is 29.5 Å². The SMILES string of the molecule is CC1CCCC(C)N1Nc1nc(Cl)nc2ccccc12. The predicted octanol–water partition coefficient (Wildman–Crippen LogP) is 3.87. The number of halogens is 1. The van der Waals surface area contributed by atoms with Crippen molar-refractivity contribution in [2.24, 2.45) is 0 Å². The summed E-state index contributed by atoms with van der Waals surface area (Å²) in [4.78, 5) is 8.63. The first-order valence-corrected chi connectivity index (χ1v) is 7.50. The zero-order valence-electron chi connectivity index (χ0n) is 11.8. The molecule has 1 aromatic heterocycles. The zero-order valence-corrected chi connectivity index (χ0v) is 12.6. The molecule has 1 aliphatic rings. The van der Waals surface area contributed by atoms with Gasteiger partial charge in [-0.05, 0) is 50.4 Å². The highest BCUT2D eigenvalue weighted by molar-refractivity contribution is 6.28. The van der Waals surface area contributed by atoms with E-state index in [0.29, 0.717) is 12.1 Å². The fourth-order valence-electron chi connectivity index (χ4n) is 2.90. The number of hydrogen-bond donors (Lipinski definition) is 1. The summed E-state index contributed by atoms with van der Waals surface area (Å²) in [6.07, 6.45) is 3.69. The van der Waals surface area contributed by atoms with Crippen LogP contribution in [0.4, 0.5) is 5.82 Å². The Balaban J connectivity index is 1.97. The van der Waals surface area contributed by atoms with E-state index in [4.69, 9.17) is 11.6 Å². The third kappa shape index (κ3) is 2.58. The van der Waals surface area contributed by atoms with Crippen LogP contribution in [-0.2, 0) is 0 Å². The number of para-hydroxylation sites is 1. The molecule has 0 spiro atoms. The molecule has 2 heterocycles. The lowest BCUT2D eigenvalue weighted by Gasteiger charge is -2.39. The Bertz CT molecular complexity index is 606. The predicted molar refractivity (Wildman–Crippen MR) is 82.8 cm³/mol. The van der Waals surface area contributed by atoms with Gasteiger partial charge in [-0.2, -0.15) is 4.98 Å². The quantitative estimate of drug-likeness (QED) is 0.853. The standard InChI is InChI=1S/C15H19ClN4/c1-10-6-5-7-11(2)20(10)19-14-12-8-3-4-9-13(12)17-15(16)18-14/h3-4,8-11H,5-7H2,1-2H3,(H,17,18,19). The molecule has 106 valence electrons. The Hall–Kier alpha value is -1.39. The molecule has 2 unspecified atom stereocenters. The summed E-state index contributed by atoms with van der Waals surface area (Å²) in [6.45, 7) is 4.49. The van der Waals surface area contributed by atoms with Gasteiger partial charge in [0.1, 0.15) is 0 Å². The van der Waals surface area contributed by atoms with Crippen LogP contribution in [0.5, 0.6) is 0 Å². The average Bonchev–Trinajstić information content (AvgIpc) is 2.42. The number of aromatic nitrogens is 2. The van der Waals surface area contributed by atoms with Crippen molar-refractivity contribution in [1.82, 2.24) is 15.0 Å². The van der Waals surface area contributed by atoms with Gasteiger partial charge in [0, 0.05) is 17.5 Å². The second-order valence-electron chi connectivity index (χ2n) is 5.51. The van der Waals surface area contributed by atoms with Gasteiger partial charge in [-0.25, -0.2) is 9.99 Å². The molecule has 1 fully saturated rings. The number of piperidine rings is 1. The van der Waals surface area contributed by atoms with E-state index in [1.54, 1.807) is 0 Å². The van der Waals surface area contributed by atoms with E-state index in [2.05, 4.69) is 34.3 Å². The van der Waals surface area contributed by atoms with E-state index in [0.717, 1.165) is 16.7 Å². The maximum absolute atomic E-state index is 6.03. The number of hydrogen-bond acceptors (Lipinski definition) is 4. The van der Waals surface area contributed by atoms with Gasteiger partial charge in [0.05, 0.1) is 5.52 Å². The van der Waals surface area contributed by atoms with E-state index in [9.17, 15) is 0 Å². The summed E-state index contributed by atoms with van der Waals surface area (Å²) < 4.78 is 0. The molecule has 0 saturated carbocycles. The van der Waals surface area contributed by atoms with Crippen molar-refractivity contribution in [3.63, 3.8) is 0 Å². The van der Waals surface area contributed by atoms with Crippen LogP contribution >= 0.6 is 11.6 Å². The lowest BCUT2D eigenvalue weighted by Crippen LogP contribution is -2.47. The van der Waals surface area contributed by atoms with Crippen LogP contribution in [0.15, 0.2) is 24.3 Å². The smallest absolute Gasteiger partial charge is 0.224 e. The minimum absolute atomic E-state index is 0.281. The van der Waals surface area contributed by atoms with Crippen molar-refractivity contribution in [2.45, 2.75) is 45.2 Å². The molecule has 4 nitrogen and oxygen atoms in total. The molecular formula is C15H19ClN4. The van der Waals surface area contributed by atoms with Crippen LogP contribution in [0.2, 0.25) is 5.28 Å². The van der Waals surface area contributed by atoms with Gasteiger partial charge < -0.3 is 5.43 Å². The molecule has 0 bridgehead atoms. The summed E-state index contributed by atoms with van der Waals surface area (Å²) >= 11 is 6.03. The Labute approximate surface area is 124 Å². The van der Waals surface area contributed by atoms with Gasteiger partial charge in [-0.15, -0.1) is 0 Å². The summed E-state index contributed by atoms with van der Waals surface area (Å²) in [5.74, 6) is 0.793. The van der Waals surface area contributed by atoms with Gasteiger partial charge in [0.15, 0.2) is 5.82 Å². The molecule has 0 amide bonds. The van der Waals surface area contributed by atoms with E-state index >= 15 is 0 Å². The summed E-state index contributed by atoms with van der Waals surface area (Å²) in [7, 11) is 0. The van der Waals surface area contributed by atoms with Gasteiger partial charge in [0.25, 0.3) is 0 Å². The molecule has 1 N–H and O–H groups in total. The Kier molecular flexibility index (Phi) is 3.76. The van der Waals surface area contributed by atoms with Crippen LogP contribution in [0.1, 0.15) is 33.1 Å². The molecule has 5 heteroatoms. The monoisotopic (exact) mass is 290 g/mol. The highest BCUT2D eigenvalue weighted by Gasteiger charge is 2.25. The van der Waals surface area contributed by atoms with Crippen molar-refractivity contribution in [1.29, 1.82) is 0 Å². The summed E-state index contributed by atoms with van der Waals surface area (Å²) in [5.41, 5.74) is 4.33. The molecular weight excluding hydrogens is 272 g/mol. The lowest BCUT2D eigenvalue weighted by atomic mass is 10.00. The van der Waals surface area contributed by atoms with E-state index in [1.807, 2.05) is 24.3 Å². The van der Waals surface area contributed by atoms with E-state index in [1.165, 1.54) is 19.3 Å². The summed E-state index contributed by atoms with van der Waals surface area (Å²) in [6, 6.07) is 8.91. The largest absolute Gasteiger partial charge is 0.302 e. The number of nitrogens with zero attached hydrogens (tertiary/aromatic N) is 3. The van der Waals surface area contributed by atoms with Gasteiger partial charge in [0.2, 0.25) is 5.28 Å². The fraction of sp³-hybridized carbons (Fsp3) is 0.467. The normalized spacial score (nSPS) is 23.9. The van der Waals surface area contributed by atoms with Crippen LogP contribution < -0.4 is 5.43 Å².